The minimum absolute atomic E-state index is 0.0376. The van der Waals surface area contributed by atoms with Crippen molar-refractivity contribution >= 4 is 11.9 Å². The molecule has 1 atom stereocenters. The fourth-order valence-electron chi connectivity index (χ4n) is 1.73. The highest BCUT2D eigenvalue weighted by molar-refractivity contribution is 5.93. The molecule has 2 rings (SSSR count). The quantitative estimate of drug-likeness (QED) is 0.887. The molecule has 1 unspecified atom stereocenters. The van der Waals surface area contributed by atoms with Gasteiger partial charge in [0.1, 0.15) is 11.7 Å². The zero-order valence-electron chi connectivity index (χ0n) is 10.6. The molecule has 0 spiro atoms. The van der Waals surface area contributed by atoms with Crippen LogP contribution in [0.4, 0.5) is 8.78 Å². The maximum atomic E-state index is 13.3. The van der Waals surface area contributed by atoms with Gasteiger partial charge in [0.2, 0.25) is 0 Å². The molecule has 0 saturated carbocycles. The predicted molar refractivity (Wildman–Crippen MR) is 64.7 cm³/mol. The first-order valence-electron chi connectivity index (χ1n) is 5.69. The molecular formula is C12H9F2N3O4. The van der Waals surface area contributed by atoms with Gasteiger partial charge < -0.3 is 10.2 Å². The Morgan fingerprint density at radius 2 is 1.90 bits per heavy atom. The fraction of sp³-hybridized carbons (Fsp3) is 0.167. The first-order chi connectivity index (χ1) is 9.82. The maximum absolute atomic E-state index is 13.3. The largest absolute Gasteiger partial charge is 0.480 e. The highest BCUT2D eigenvalue weighted by Gasteiger charge is 2.26. The van der Waals surface area contributed by atoms with E-state index in [1.165, 1.54) is 6.92 Å². The summed E-state index contributed by atoms with van der Waals surface area (Å²) < 4.78 is 27.1. The van der Waals surface area contributed by atoms with Crippen LogP contribution in [-0.4, -0.2) is 37.1 Å². The van der Waals surface area contributed by atoms with Crippen LogP contribution in [-0.2, 0) is 4.79 Å². The van der Waals surface area contributed by atoms with Crippen molar-refractivity contribution in [2.75, 3.05) is 0 Å². The van der Waals surface area contributed by atoms with E-state index < -0.39 is 35.3 Å². The standard InChI is InChI=1S/C12H9F2N3O4/c1-5(11(18)19)17-10(9(12(20)21)15-16-17)6-2-3-7(13)8(14)4-6/h2-5H,1H3,(H,18,19)(H,20,21). The molecule has 0 aliphatic heterocycles. The van der Waals surface area contributed by atoms with E-state index in [-0.39, 0.29) is 11.3 Å². The van der Waals surface area contributed by atoms with Gasteiger partial charge >= 0.3 is 11.9 Å². The number of carboxylic acid groups (broad SMARTS) is 2. The van der Waals surface area contributed by atoms with Crippen LogP contribution in [0.3, 0.4) is 0 Å². The monoisotopic (exact) mass is 297 g/mol. The van der Waals surface area contributed by atoms with Crippen LogP contribution in [0, 0.1) is 11.6 Å². The first kappa shape index (κ1) is 14.6. The lowest BCUT2D eigenvalue weighted by atomic mass is 10.1. The number of rotatable bonds is 4. The molecule has 7 nitrogen and oxygen atoms in total. The lowest BCUT2D eigenvalue weighted by molar-refractivity contribution is -0.140. The van der Waals surface area contributed by atoms with E-state index in [4.69, 9.17) is 10.2 Å². The lowest BCUT2D eigenvalue weighted by Crippen LogP contribution is -2.18. The van der Waals surface area contributed by atoms with Crippen molar-refractivity contribution in [3.8, 4) is 11.3 Å². The number of aromatic carboxylic acids is 1. The van der Waals surface area contributed by atoms with Gasteiger partial charge in [0.15, 0.2) is 17.3 Å². The number of carbonyl (C=O) groups is 2. The second-order valence-electron chi connectivity index (χ2n) is 4.18. The normalized spacial score (nSPS) is 12.1. The molecule has 9 heteroatoms. The molecule has 0 aliphatic carbocycles. The summed E-state index contributed by atoms with van der Waals surface area (Å²) in [5, 5.41) is 24.9. The number of hydrogen-bond acceptors (Lipinski definition) is 4. The van der Waals surface area contributed by atoms with Gasteiger partial charge in [0, 0.05) is 5.56 Å². The molecule has 0 fully saturated rings. The average Bonchev–Trinajstić information content (AvgIpc) is 2.85. The van der Waals surface area contributed by atoms with E-state index in [9.17, 15) is 18.4 Å². The van der Waals surface area contributed by atoms with E-state index >= 15 is 0 Å². The third-order valence-corrected chi connectivity index (χ3v) is 2.81. The Kier molecular flexibility index (Phi) is 3.66. The van der Waals surface area contributed by atoms with Gasteiger partial charge in [-0.15, -0.1) is 5.10 Å². The van der Waals surface area contributed by atoms with Crippen molar-refractivity contribution in [3.05, 3.63) is 35.5 Å². The molecule has 2 aromatic rings. The lowest BCUT2D eigenvalue weighted by Gasteiger charge is -2.11. The number of halogens is 2. The summed E-state index contributed by atoms with van der Waals surface area (Å²) in [5.41, 5.74) is -0.796. The summed E-state index contributed by atoms with van der Waals surface area (Å²) in [6, 6.07) is 1.45. The number of hydrogen-bond donors (Lipinski definition) is 2. The van der Waals surface area contributed by atoms with Gasteiger partial charge in [-0.3, -0.25) is 0 Å². The third kappa shape index (κ3) is 2.57. The molecule has 21 heavy (non-hydrogen) atoms. The molecule has 0 bridgehead atoms. The van der Waals surface area contributed by atoms with E-state index in [1.807, 2.05) is 0 Å². The van der Waals surface area contributed by atoms with E-state index in [0.717, 1.165) is 22.9 Å². The van der Waals surface area contributed by atoms with Crippen molar-refractivity contribution in [3.63, 3.8) is 0 Å². The van der Waals surface area contributed by atoms with Gasteiger partial charge in [-0.05, 0) is 25.1 Å². The van der Waals surface area contributed by atoms with Crippen LogP contribution >= 0.6 is 0 Å². The van der Waals surface area contributed by atoms with Crippen molar-refractivity contribution in [2.24, 2.45) is 0 Å². The summed E-state index contributed by atoms with van der Waals surface area (Å²) in [4.78, 5) is 22.1. The van der Waals surface area contributed by atoms with Crippen molar-refractivity contribution in [1.82, 2.24) is 15.0 Å². The van der Waals surface area contributed by atoms with Gasteiger partial charge in [-0.1, -0.05) is 5.21 Å². The van der Waals surface area contributed by atoms with Crippen LogP contribution in [0.15, 0.2) is 18.2 Å². The zero-order chi connectivity index (χ0) is 15.7. The van der Waals surface area contributed by atoms with Gasteiger partial charge in [-0.25, -0.2) is 23.1 Å². The Morgan fingerprint density at radius 1 is 1.24 bits per heavy atom. The number of carboxylic acids is 2. The number of nitrogens with zero attached hydrogens (tertiary/aromatic N) is 3. The smallest absolute Gasteiger partial charge is 0.358 e. The average molecular weight is 297 g/mol. The van der Waals surface area contributed by atoms with Crippen LogP contribution in [0.2, 0.25) is 0 Å². The second-order valence-corrected chi connectivity index (χ2v) is 4.18. The number of aliphatic carboxylic acids is 1. The zero-order valence-corrected chi connectivity index (χ0v) is 10.6. The first-order valence-corrected chi connectivity index (χ1v) is 5.69. The fourth-order valence-corrected chi connectivity index (χ4v) is 1.73. The molecule has 0 saturated heterocycles. The molecule has 0 aliphatic rings. The van der Waals surface area contributed by atoms with E-state index in [1.54, 1.807) is 0 Å². The molecule has 1 heterocycles. The molecule has 2 N–H and O–H groups in total. The molecular weight excluding hydrogens is 288 g/mol. The Labute approximate surface area is 116 Å². The minimum atomic E-state index is -1.46. The van der Waals surface area contributed by atoms with E-state index in [2.05, 4.69) is 10.3 Å². The molecule has 1 aromatic heterocycles. The van der Waals surface area contributed by atoms with Crippen LogP contribution in [0.1, 0.15) is 23.5 Å². The summed E-state index contributed by atoms with van der Waals surface area (Å²) in [7, 11) is 0. The summed E-state index contributed by atoms with van der Waals surface area (Å²) in [6.07, 6.45) is 0. The molecule has 1 aromatic carbocycles. The molecule has 0 radical (unpaired) electrons. The highest BCUT2D eigenvalue weighted by Crippen LogP contribution is 2.26. The predicted octanol–water partition coefficient (Wildman–Crippen LogP) is 1.57. The third-order valence-electron chi connectivity index (χ3n) is 2.81. The maximum Gasteiger partial charge on any atom is 0.358 e. The van der Waals surface area contributed by atoms with Crippen LogP contribution in [0.5, 0.6) is 0 Å². The van der Waals surface area contributed by atoms with Crippen LogP contribution < -0.4 is 0 Å². The highest BCUT2D eigenvalue weighted by atomic mass is 19.2. The summed E-state index contributed by atoms with van der Waals surface area (Å²) >= 11 is 0. The summed E-state index contributed by atoms with van der Waals surface area (Å²) in [6.45, 7) is 1.26. The van der Waals surface area contributed by atoms with Crippen LogP contribution in [0.25, 0.3) is 11.3 Å². The SMILES string of the molecule is CC(C(=O)O)n1nnc(C(=O)O)c1-c1ccc(F)c(F)c1. The Morgan fingerprint density at radius 3 is 2.43 bits per heavy atom. The Balaban J connectivity index is 2.69. The van der Waals surface area contributed by atoms with Crippen molar-refractivity contribution < 1.29 is 28.6 Å². The molecule has 0 amide bonds. The Hall–Kier alpha value is -2.84. The number of benzene rings is 1. The molecule has 110 valence electrons. The topological polar surface area (TPSA) is 105 Å². The summed E-state index contributed by atoms with van der Waals surface area (Å²) in [5.74, 6) is -5.04. The number of aromatic nitrogens is 3. The Bertz CT molecular complexity index is 729. The van der Waals surface area contributed by atoms with Crippen molar-refractivity contribution in [1.29, 1.82) is 0 Å². The second kappa shape index (κ2) is 5.27. The van der Waals surface area contributed by atoms with Gasteiger partial charge in [-0.2, -0.15) is 0 Å². The minimum Gasteiger partial charge on any atom is -0.480 e. The van der Waals surface area contributed by atoms with E-state index in [0.29, 0.717) is 0 Å². The van der Waals surface area contributed by atoms with Gasteiger partial charge in [0.05, 0.1) is 0 Å². The van der Waals surface area contributed by atoms with Crippen molar-refractivity contribution in [2.45, 2.75) is 13.0 Å². The van der Waals surface area contributed by atoms with Gasteiger partial charge in [0.25, 0.3) is 0 Å².